The molecule has 0 bridgehead atoms. The second kappa shape index (κ2) is 11.8. The highest BCUT2D eigenvalue weighted by Crippen LogP contribution is 2.33. The van der Waals surface area contributed by atoms with E-state index < -0.39 is 0 Å². The monoisotopic (exact) mass is 438 g/mol. The van der Waals surface area contributed by atoms with Crippen molar-refractivity contribution in [2.24, 2.45) is 5.92 Å². The van der Waals surface area contributed by atoms with Gasteiger partial charge in [0.05, 0.1) is 0 Å². The summed E-state index contributed by atoms with van der Waals surface area (Å²) in [6.45, 7) is 14.5. The third-order valence-corrected chi connectivity index (χ3v) is 6.67. The molecule has 0 amide bonds. The highest BCUT2D eigenvalue weighted by atomic mass is 16.5. The van der Waals surface area contributed by atoms with Gasteiger partial charge in [-0.25, -0.2) is 0 Å². The van der Waals surface area contributed by atoms with Gasteiger partial charge in [-0.05, 0) is 91.6 Å². The summed E-state index contributed by atoms with van der Waals surface area (Å²) in [5, 5.41) is 2.61. The number of fused-ring (bicyclic) bond motifs is 2. The highest BCUT2D eigenvalue weighted by molar-refractivity contribution is 5.91. The molecule has 5 rings (SSSR count). The van der Waals surface area contributed by atoms with Crippen LogP contribution in [0, 0.1) is 5.92 Å². The van der Waals surface area contributed by atoms with Crippen LogP contribution in [0.3, 0.4) is 0 Å². The Hall–Kier alpha value is -2.90. The van der Waals surface area contributed by atoms with Gasteiger partial charge in [0.2, 0.25) is 0 Å². The van der Waals surface area contributed by atoms with Crippen molar-refractivity contribution in [2.75, 3.05) is 13.2 Å². The van der Waals surface area contributed by atoms with Gasteiger partial charge < -0.3 is 4.74 Å². The Morgan fingerprint density at radius 2 is 1.48 bits per heavy atom. The summed E-state index contributed by atoms with van der Waals surface area (Å²) in [4.78, 5) is 0. The van der Waals surface area contributed by atoms with Crippen LogP contribution >= 0.6 is 0 Å². The fourth-order valence-electron chi connectivity index (χ4n) is 4.39. The van der Waals surface area contributed by atoms with Crippen LogP contribution in [0.1, 0.15) is 58.2 Å². The number of benzene rings is 3. The Bertz CT molecular complexity index is 1170. The molecule has 0 saturated heterocycles. The molecule has 1 nitrogen and oxygen atoms in total. The fraction of sp³-hybridized carbons (Fsp3) is 0.312. The fourth-order valence-corrected chi connectivity index (χ4v) is 4.39. The van der Waals surface area contributed by atoms with Crippen LogP contribution in [0.2, 0.25) is 0 Å². The molecule has 3 aromatic rings. The molecule has 2 aliphatic carbocycles. The van der Waals surface area contributed by atoms with Crippen LogP contribution in [-0.4, -0.2) is 13.2 Å². The van der Waals surface area contributed by atoms with Gasteiger partial charge in [-0.3, -0.25) is 0 Å². The van der Waals surface area contributed by atoms with Gasteiger partial charge in [-0.1, -0.05) is 90.9 Å². The lowest BCUT2D eigenvalue weighted by atomic mass is 9.97. The minimum atomic E-state index is 0.685. The zero-order chi connectivity index (χ0) is 23.8. The van der Waals surface area contributed by atoms with E-state index in [1.54, 1.807) is 0 Å². The van der Waals surface area contributed by atoms with E-state index in [4.69, 9.17) is 4.74 Å². The van der Waals surface area contributed by atoms with Crippen molar-refractivity contribution in [1.82, 2.24) is 0 Å². The predicted octanol–water partition coefficient (Wildman–Crippen LogP) is 8.79. The summed E-state index contributed by atoms with van der Waals surface area (Å²) >= 11 is 0. The molecule has 1 heteroatoms. The van der Waals surface area contributed by atoms with Crippen LogP contribution in [-0.2, 0) is 11.2 Å². The number of rotatable bonds is 3. The average molecular weight is 439 g/mol. The topological polar surface area (TPSA) is 9.23 Å². The second-order valence-electron chi connectivity index (χ2n) is 8.77. The van der Waals surface area contributed by atoms with E-state index in [2.05, 4.69) is 107 Å². The largest absolute Gasteiger partial charge is 0.382 e. The van der Waals surface area contributed by atoms with Gasteiger partial charge in [0.1, 0.15) is 0 Å². The summed E-state index contributed by atoms with van der Waals surface area (Å²) in [6, 6.07) is 24.0. The second-order valence-corrected chi connectivity index (χ2v) is 8.77. The minimum absolute atomic E-state index is 0.685. The lowest BCUT2D eigenvalue weighted by Crippen LogP contribution is -1.86. The van der Waals surface area contributed by atoms with Gasteiger partial charge >= 0.3 is 0 Å². The Labute approximate surface area is 200 Å². The summed E-state index contributed by atoms with van der Waals surface area (Å²) in [5.74, 6) is 0.685. The predicted molar refractivity (Wildman–Crippen MR) is 145 cm³/mol. The van der Waals surface area contributed by atoms with Crippen LogP contribution < -0.4 is 0 Å². The third-order valence-electron chi connectivity index (χ3n) is 6.67. The van der Waals surface area contributed by atoms with Crippen molar-refractivity contribution < 1.29 is 4.74 Å². The first-order chi connectivity index (χ1) is 16.0. The molecule has 0 aromatic heterocycles. The van der Waals surface area contributed by atoms with E-state index in [0.29, 0.717) is 5.92 Å². The van der Waals surface area contributed by atoms with Crippen molar-refractivity contribution in [3.63, 3.8) is 0 Å². The molecule has 3 aromatic carbocycles. The van der Waals surface area contributed by atoms with Crippen LogP contribution in [0.15, 0.2) is 95.6 Å². The van der Waals surface area contributed by atoms with Crippen molar-refractivity contribution in [3.05, 3.63) is 112 Å². The summed E-state index contributed by atoms with van der Waals surface area (Å²) in [5.41, 5.74) is 10.0. The van der Waals surface area contributed by atoms with E-state index in [0.717, 1.165) is 19.6 Å². The normalized spacial score (nSPS) is 16.4. The Morgan fingerprint density at radius 3 is 2.06 bits per heavy atom. The Kier molecular flexibility index (Phi) is 8.86. The molecular weight excluding hydrogens is 400 g/mol. The number of allylic oxidation sites excluding steroid dienone is 5. The molecule has 0 fully saturated rings. The van der Waals surface area contributed by atoms with E-state index in [1.807, 2.05) is 13.8 Å². The molecule has 0 N–H and O–H groups in total. The molecular formula is C32H38O. The maximum atomic E-state index is 4.83. The Morgan fingerprint density at radius 1 is 0.818 bits per heavy atom. The maximum Gasteiger partial charge on any atom is 0.0437 e. The molecule has 0 radical (unpaired) electrons. The van der Waals surface area contributed by atoms with Crippen molar-refractivity contribution in [3.8, 4) is 0 Å². The lowest BCUT2D eigenvalue weighted by Gasteiger charge is -2.07. The molecule has 0 aliphatic heterocycles. The summed E-state index contributed by atoms with van der Waals surface area (Å²) < 4.78 is 4.83. The molecule has 172 valence electrons. The first kappa shape index (κ1) is 24.7. The van der Waals surface area contributed by atoms with Gasteiger partial charge in [-0.15, -0.1) is 0 Å². The van der Waals surface area contributed by atoms with Gasteiger partial charge in [0.15, 0.2) is 0 Å². The first-order valence-electron chi connectivity index (χ1n) is 12.2. The van der Waals surface area contributed by atoms with Crippen molar-refractivity contribution >= 4 is 16.3 Å². The number of hydrogen-bond donors (Lipinski definition) is 0. The maximum absolute atomic E-state index is 4.83. The van der Waals surface area contributed by atoms with E-state index in [9.17, 15) is 0 Å². The smallest absolute Gasteiger partial charge is 0.0437 e. The van der Waals surface area contributed by atoms with E-state index in [1.165, 1.54) is 49.8 Å². The Balaban J connectivity index is 0.000000183. The van der Waals surface area contributed by atoms with Crippen LogP contribution in [0.25, 0.3) is 16.3 Å². The molecule has 33 heavy (non-hydrogen) atoms. The molecule has 0 heterocycles. The van der Waals surface area contributed by atoms with Crippen molar-refractivity contribution in [1.29, 1.82) is 0 Å². The average Bonchev–Trinajstić information content (AvgIpc) is 3.37. The molecule has 1 unspecified atom stereocenters. The molecule has 0 saturated carbocycles. The van der Waals surface area contributed by atoms with Crippen LogP contribution in [0.4, 0.5) is 0 Å². The van der Waals surface area contributed by atoms with Gasteiger partial charge in [-0.2, -0.15) is 0 Å². The number of ether oxygens (including phenoxy) is 1. The highest BCUT2D eigenvalue weighted by Gasteiger charge is 2.15. The van der Waals surface area contributed by atoms with E-state index >= 15 is 0 Å². The van der Waals surface area contributed by atoms with Gasteiger partial charge in [0.25, 0.3) is 0 Å². The summed E-state index contributed by atoms with van der Waals surface area (Å²) in [7, 11) is 0. The quantitative estimate of drug-likeness (QED) is 0.397. The number of hydrogen-bond acceptors (Lipinski definition) is 1. The molecule has 2 aliphatic rings. The van der Waals surface area contributed by atoms with Crippen LogP contribution in [0.5, 0.6) is 0 Å². The van der Waals surface area contributed by atoms with Gasteiger partial charge in [0, 0.05) is 13.2 Å². The standard InChI is InChI=1S/C19H14.C9H14.C4H10O/c1-2-7-16-13-17(10-9-14(16)5-1)19-12-11-15-6-3-4-8-18(15)19;1-6-5-7(2)9(4)8(6)3;1-3-5-4-2/h1-10,12-13H,11H2;5-6H,1-4H3;3-4H2,1-2H3. The summed E-state index contributed by atoms with van der Waals surface area (Å²) in [6.07, 6.45) is 5.72. The SMILES string of the molecule is C1=C(c2ccc3ccccc3c2)c2ccccc2C1.CC1=CC(C)C(C)=C1C.CCOCC. The van der Waals surface area contributed by atoms with Crippen molar-refractivity contribution in [2.45, 2.75) is 48.0 Å². The first-order valence-corrected chi connectivity index (χ1v) is 12.2. The zero-order valence-corrected chi connectivity index (χ0v) is 21.1. The molecule has 0 spiro atoms. The minimum Gasteiger partial charge on any atom is -0.382 e. The van der Waals surface area contributed by atoms with E-state index in [-0.39, 0.29) is 0 Å². The lowest BCUT2D eigenvalue weighted by molar-refractivity contribution is 0.162. The third kappa shape index (κ3) is 6.12. The zero-order valence-electron chi connectivity index (χ0n) is 21.1. The molecule has 1 atom stereocenters.